The average Bonchev–Trinajstić information content (AvgIpc) is 3.11. The number of rotatable bonds is 6. The second kappa shape index (κ2) is 8.78. The average molecular weight is 392 g/mol. The maximum atomic E-state index is 13.1. The molecule has 0 radical (unpaired) electrons. The summed E-state index contributed by atoms with van der Waals surface area (Å²) >= 11 is 0. The number of amides is 2. The Hall–Kier alpha value is -2.66. The number of nitrogens with one attached hydrogen (secondary N) is 2. The van der Waals surface area contributed by atoms with Gasteiger partial charge >= 0.3 is 0 Å². The van der Waals surface area contributed by atoms with Crippen molar-refractivity contribution in [1.82, 2.24) is 10.6 Å². The predicted octanol–water partition coefficient (Wildman–Crippen LogP) is 2.97. The van der Waals surface area contributed by atoms with Gasteiger partial charge in [-0.25, -0.2) is 0 Å². The van der Waals surface area contributed by atoms with Gasteiger partial charge in [-0.15, -0.1) is 0 Å². The summed E-state index contributed by atoms with van der Waals surface area (Å²) in [7, 11) is 0. The molecule has 2 aliphatic rings. The Kier molecular flexibility index (Phi) is 5.95. The molecule has 3 N–H and O–H groups in total. The number of aliphatic hydroxyl groups is 1. The van der Waals surface area contributed by atoms with Crippen molar-refractivity contribution >= 4 is 11.8 Å². The smallest absolute Gasteiger partial charge is 0.244 e. The van der Waals surface area contributed by atoms with Gasteiger partial charge in [-0.1, -0.05) is 67.8 Å². The van der Waals surface area contributed by atoms with Crippen LogP contribution in [-0.2, 0) is 9.59 Å². The maximum absolute atomic E-state index is 13.1. The molecule has 1 saturated carbocycles. The Balaban J connectivity index is 1.45. The number of hydrogen-bond acceptors (Lipinski definition) is 3. The molecule has 1 atom stereocenters. The van der Waals surface area contributed by atoms with Crippen molar-refractivity contribution in [2.75, 3.05) is 13.2 Å². The van der Waals surface area contributed by atoms with Gasteiger partial charge in [0.25, 0.3) is 0 Å². The summed E-state index contributed by atoms with van der Waals surface area (Å²) < 4.78 is 0. The van der Waals surface area contributed by atoms with Gasteiger partial charge in [0.1, 0.15) is 6.04 Å². The Morgan fingerprint density at radius 2 is 1.52 bits per heavy atom. The van der Waals surface area contributed by atoms with Crippen LogP contribution in [-0.4, -0.2) is 36.1 Å². The first-order valence-corrected chi connectivity index (χ1v) is 10.6. The normalized spacial score (nSPS) is 17.3. The minimum Gasteiger partial charge on any atom is -0.394 e. The molecular weight excluding hydrogens is 364 g/mol. The van der Waals surface area contributed by atoms with Crippen molar-refractivity contribution in [2.45, 2.75) is 44.1 Å². The van der Waals surface area contributed by atoms with E-state index in [1.54, 1.807) is 0 Å². The monoisotopic (exact) mass is 392 g/mol. The van der Waals surface area contributed by atoms with Crippen LogP contribution in [0.5, 0.6) is 0 Å². The van der Waals surface area contributed by atoms with Gasteiger partial charge in [0.2, 0.25) is 11.8 Å². The molecule has 2 aromatic carbocycles. The summed E-state index contributed by atoms with van der Waals surface area (Å²) in [5.41, 5.74) is 3.96. The molecule has 5 heteroatoms. The van der Waals surface area contributed by atoms with Crippen molar-refractivity contribution in [2.24, 2.45) is 5.92 Å². The molecule has 2 amide bonds. The second-order valence-corrected chi connectivity index (χ2v) is 8.10. The minimum atomic E-state index is -0.939. The summed E-state index contributed by atoms with van der Waals surface area (Å²) in [5, 5.41) is 15.4. The van der Waals surface area contributed by atoms with Gasteiger partial charge < -0.3 is 15.7 Å². The fraction of sp³-hybridized carbons (Fsp3) is 0.417. The Morgan fingerprint density at radius 1 is 0.931 bits per heavy atom. The molecule has 0 heterocycles. The minimum absolute atomic E-state index is 0.255. The largest absolute Gasteiger partial charge is 0.394 e. The maximum Gasteiger partial charge on any atom is 0.244 e. The van der Waals surface area contributed by atoms with Gasteiger partial charge in [0.15, 0.2) is 0 Å². The first-order chi connectivity index (χ1) is 14.2. The van der Waals surface area contributed by atoms with Crippen LogP contribution in [0.15, 0.2) is 48.5 Å². The molecule has 0 aliphatic heterocycles. The summed E-state index contributed by atoms with van der Waals surface area (Å²) in [6.45, 7) is 0.193. The van der Waals surface area contributed by atoms with E-state index in [1.807, 2.05) is 48.5 Å². The van der Waals surface area contributed by atoms with E-state index < -0.39 is 18.6 Å². The van der Waals surface area contributed by atoms with Gasteiger partial charge in [0.05, 0.1) is 12.5 Å². The lowest BCUT2D eigenvalue weighted by atomic mass is 9.89. The highest BCUT2D eigenvalue weighted by Crippen LogP contribution is 2.44. The molecule has 0 unspecified atom stereocenters. The highest BCUT2D eigenvalue weighted by Gasteiger charge is 2.35. The molecule has 29 heavy (non-hydrogen) atoms. The Morgan fingerprint density at radius 3 is 2.10 bits per heavy atom. The Labute approximate surface area is 171 Å². The fourth-order valence-corrected chi connectivity index (χ4v) is 4.65. The van der Waals surface area contributed by atoms with Crippen LogP contribution < -0.4 is 10.6 Å². The van der Waals surface area contributed by atoms with Crippen molar-refractivity contribution in [1.29, 1.82) is 0 Å². The van der Waals surface area contributed by atoms with E-state index in [-0.39, 0.29) is 11.8 Å². The summed E-state index contributed by atoms with van der Waals surface area (Å²) in [6.07, 6.45) is 5.95. The van der Waals surface area contributed by atoms with Crippen LogP contribution in [0, 0.1) is 5.92 Å². The number of carbonyl (C=O) groups is 2. The highest BCUT2D eigenvalue weighted by molar-refractivity contribution is 5.98. The molecule has 0 spiro atoms. The molecule has 2 aliphatic carbocycles. The zero-order chi connectivity index (χ0) is 20.2. The van der Waals surface area contributed by atoms with Crippen molar-refractivity contribution in [3.8, 4) is 11.1 Å². The topological polar surface area (TPSA) is 78.4 Å². The molecule has 0 saturated heterocycles. The molecule has 4 rings (SSSR count). The summed E-state index contributed by atoms with van der Waals surface area (Å²) in [4.78, 5) is 25.7. The standard InChI is InChI=1S/C24H28N2O3/c27-15-21(23(28)25-14-16-8-2-1-3-9-16)26-24(29)22-19-12-6-4-10-17(19)18-11-5-7-13-20(18)22/h4-7,10-13,16,21-22,27H,1-3,8-9,14-15H2,(H,25,28)(H,26,29)/t21-/m0/s1. The molecule has 1 fully saturated rings. The van der Waals surface area contributed by atoms with Gasteiger partial charge in [-0.2, -0.15) is 0 Å². The van der Waals surface area contributed by atoms with Crippen LogP contribution in [0.2, 0.25) is 0 Å². The molecule has 152 valence electrons. The molecule has 2 aromatic rings. The number of aliphatic hydroxyl groups excluding tert-OH is 1. The highest BCUT2D eigenvalue weighted by atomic mass is 16.3. The summed E-state index contributed by atoms with van der Waals surface area (Å²) in [5.74, 6) is -0.542. The molecule has 0 aromatic heterocycles. The van der Waals surface area contributed by atoms with E-state index in [2.05, 4.69) is 10.6 Å². The van der Waals surface area contributed by atoms with Gasteiger partial charge in [-0.3, -0.25) is 9.59 Å². The molecule has 0 bridgehead atoms. The van der Waals surface area contributed by atoms with Crippen LogP contribution >= 0.6 is 0 Å². The van der Waals surface area contributed by atoms with Crippen LogP contribution in [0.3, 0.4) is 0 Å². The van der Waals surface area contributed by atoms with Gasteiger partial charge in [0, 0.05) is 6.54 Å². The van der Waals surface area contributed by atoms with E-state index in [1.165, 1.54) is 19.3 Å². The number of carbonyl (C=O) groups excluding carboxylic acids is 2. The third kappa shape index (κ3) is 4.06. The first kappa shape index (κ1) is 19.6. The second-order valence-electron chi connectivity index (χ2n) is 8.10. The zero-order valence-electron chi connectivity index (χ0n) is 16.6. The van der Waals surface area contributed by atoms with E-state index >= 15 is 0 Å². The number of fused-ring (bicyclic) bond motifs is 3. The molecule has 5 nitrogen and oxygen atoms in total. The third-order valence-electron chi connectivity index (χ3n) is 6.20. The molecular formula is C24H28N2O3. The van der Waals surface area contributed by atoms with Crippen molar-refractivity contribution in [3.63, 3.8) is 0 Å². The lowest BCUT2D eigenvalue weighted by molar-refractivity contribution is -0.130. The van der Waals surface area contributed by atoms with Crippen LogP contribution in [0.1, 0.15) is 49.1 Å². The van der Waals surface area contributed by atoms with E-state index in [4.69, 9.17) is 0 Å². The Bertz CT molecular complexity index is 844. The third-order valence-corrected chi connectivity index (χ3v) is 6.20. The van der Waals surface area contributed by atoms with Crippen LogP contribution in [0.25, 0.3) is 11.1 Å². The summed E-state index contributed by atoms with van der Waals surface area (Å²) in [6, 6.07) is 14.8. The number of benzene rings is 2. The first-order valence-electron chi connectivity index (χ1n) is 10.6. The SMILES string of the molecule is O=C(N[C@@H](CO)C(=O)NCC1CCCCC1)C1c2ccccc2-c2ccccc21. The van der Waals surface area contributed by atoms with E-state index in [0.29, 0.717) is 12.5 Å². The number of hydrogen-bond donors (Lipinski definition) is 3. The van der Waals surface area contributed by atoms with E-state index in [0.717, 1.165) is 35.1 Å². The van der Waals surface area contributed by atoms with Crippen LogP contribution in [0.4, 0.5) is 0 Å². The quantitative estimate of drug-likeness (QED) is 0.707. The lowest BCUT2D eigenvalue weighted by Gasteiger charge is -2.24. The van der Waals surface area contributed by atoms with Crippen molar-refractivity contribution < 1.29 is 14.7 Å². The fourth-order valence-electron chi connectivity index (χ4n) is 4.65. The van der Waals surface area contributed by atoms with E-state index in [9.17, 15) is 14.7 Å². The lowest BCUT2D eigenvalue weighted by Crippen LogP contribution is -2.50. The van der Waals surface area contributed by atoms with Crippen molar-refractivity contribution in [3.05, 3.63) is 59.7 Å². The predicted molar refractivity (Wildman–Crippen MR) is 112 cm³/mol. The zero-order valence-corrected chi connectivity index (χ0v) is 16.6. The van der Waals surface area contributed by atoms with Gasteiger partial charge in [-0.05, 0) is 41.0 Å².